The van der Waals surface area contributed by atoms with E-state index in [1.165, 1.54) is 25.0 Å². The number of methoxy groups -OCH3 is 1. The quantitative estimate of drug-likeness (QED) is 0.201. The van der Waals surface area contributed by atoms with Gasteiger partial charge in [0.25, 0.3) is 5.91 Å². The Morgan fingerprint density at radius 2 is 1.63 bits per heavy atom. The second-order valence-corrected chi connectivity index (χ2v) is 13.2. The minimum Gasteiger partial charge on any atom is -0.497 e. The van der Waals surface area contributed by atoms with E-state index in [9.17, 15) is 14.4 Å². The summed E-state index contributed by atoms with van der Waals surface area (Å²) in [4.78, 5) is 43.6. The molecule has 3 aliphatic rings. The number of aromatic nitrogens is 1. The molecular formula is C39H43N5O5. The third kappa shape index (κ3) is 6.53. The second-order valence-electron chi connectivity index (χ2n) is 13.2. The zero-order valence-electron chi connectivity index (χ0n) is 28.4. The van der Waals surface area contributed by atoms with Gasteiger partial charge in [0.05, 0.1) is 12.7 Å². The van der Waals surface area contributed by atoms with Gasteiger partial charge in [-0.05, 0) is 99.5 Å². The van der Waals surface area contributed by atoms with Crippen LogP contribution >= 0.6 is 0 Å². The number of allylic oxidation sites excluding steroid dienone is 1. The standard InChI is InChI=1S/C39H43N5O5/c1-4-44-33-16-15-29(48-3)23-30(33)31(36(44)25-8-6-5-7-9-25)24-35-37(45)32-22-28(14-17-34(32)49-35)41-39(47)40-27-12-10-26(11-13-27)38(46)43-20-18-42(2)19-21-43/h10-17,22-25H,4-9,18-21H2,1-3H3,(H2,40,41,47)/b35-24-. The predicted octanol–water partition coefficient (Wildman–Crippen LogP) is 7.37. The number of carbonyl (C=O) groups is 3. The lowest BCUT2D eigenvalue weighted by Crippen LogP contribution is -2.47. The van der Waals surface area contributed by atoms with Gasteiger partial charge in [0.15, 0.2) is 5.76 Å². The summed E-state index contributed by atoms with van der Waals surface area (Å²) >= 11 is 0. The molecule has 1 aliphatic carbocycles. The van der Waals surface area contributed by atoms with Gasteiger partial charge in [-0.15, -0.1) is 0 Å². The summed E-state index contributed by atoms with van der Waals surface area (Å²) in [6.07, 6.45) is 7.78. The zero-order valence-corrected chi connectivity index (χ0v) is 28.4. The molecule has 0 bridgehead atoms. The van der Waals surface area contributed by atoms with Crippen LogP contribution in [0.3, 0.4) is 0 Å². The summed E-state index contributed by atoms with van der Waals surface area (Å²) < 4.78 is 14.1. The molecule has 10 nitrogen and oxygen atoms in total. The molecule has 1 saturated heterocycles. The number of hydrogen-bond donors (Lipinski definition) is 2. The Hall–Kier alpha value is -5.09. The molecule has 3 amide bonds. The molecule has 7 rings (SSSR count). The number of aryl methyl sites for hydroxylation is 1. The molecule has 0 spiro atoms. The summed E-state index contributed by atoms with van der Waals surface area (Å²) in [6, 6.07) is 17.6. The minimum atomic E-state index is -0.460. The Labute approximate surface area is 286 Å². The molecule has 0 atom stereocenters. The van der Waals surface area contributed by atoms with E-state index >= 15 is 0 Å². The number of nitrogens with zero attached hydrogens (tertiary/aromatic N) is 3. The van der Waals surface area contributed by atoms with Crippen LogP contribution in [0.2, 0.25) is 0 Å². The van der Waals surface area contributed by atoms with E-state index in [2.05, 4.69) is 40.1 Å². The Bertz CT molecular complexity index is 1930. The van der Waals surface area contributed by atoms with Gasteiger partial charge in [-0.3, -0.25) is 9.59 Å². The number of rotatable bonds is 7. The first-order valence-electron chi connectivity index (χ1n) is 17.3. The van der Waals surface area contributed by atoms with Gasteiger partial charge < -0.3 is 34.5 Å². The fourth-order valence-electron chi connectivity index (χ4n) is 7.39. The third-order valence-corrected chi connectivity index (χ3v) is 10.0. The van der Waals surface area contributed by atoms with Crippen LogP contribution in [0, 0.1) is 0 Å². The van der Waals surface area contributed by atoms with Crippen molar-refractivity contribution >= 4 is 46.1 Å². The SMILES string of the molecule is CCn1c(C2CCCCC2)c(/C=C2\Oc3ccc(NC(=O)Nc4ccc(C(=O)N5CCN(C)CC5)cc4)cc3C2=O)c2cc(OC)ccc21. The van der Waals surface area contributed by atoms with Crippen molar-refractivity contribution < 1.29 is 23.9 Å². The minimum absolute atomic E-state index is 0.0106. The number of urea groups is 1. The Balaban J connectivity index is 1.08. The van der Waals surface area contributed by atoms with Gasteiger partial charge in [-0.1, -0.05) is 19.3 Å². The number of benzene rings is 3. The van der Waals surface area contributed by atoms with E-state index in [0.717, 1.165) is 54.7 Å². The average Bonchev–Trinajstić information content (AvgIpc) is 3.61. The third-order valence-electron chi connectivity index (χ3n) is 10.0. The highest BCUT2D eigenvalue weighted by atomic mass is 16.5. The highest BCUT2D eigenvalue weighted by molar-refractivity contribution is 6.16. The molecule has 0 unspecified atom stereocenters. The normalized spacial score (nSPS) is 17.7. The molecule has 2 aliphatic heterocycles. The van der Waals surface area contributed by atoms with Gasteiger partial charge in [0, 0.05) is 71.8 Å². The molecule has 0 radical (unpaired) electrons. The van der Waals surface area contributed by atoms with E-state index in [1.807, 2.05) is 23.1 Å². The number of ether oxygens (including phenoxy) is 2. The number of piperazine rings is 1. The van der Waals surface area contributed by atoms with E-state index in [-0.39, 0.29) is 17.4 Å². The number of Topliss-reactive ketones (excluding diaryl/α,β-unsaturated/α-hetero) is 1. The summed E-state index contributed by atoms with van der Waals surface area (Å²) in [5, 5.41) is 6.68. The van der Waals surface area contributed by atoms with Crippen molar-refractivity contribution in [1.29, 1.82) is 0 Å². The highest BCUT2D eigenvalue weighted by Gasteiger charge is 2.31. The van der Waals surface area contributed by atoms with Crippen molar-refractivity contribution in [3.63, 3.8) is 0 Å². The monoisotopic (exact) mass is 661 g/mol. The number of carbonyl (C=O) groups excluding carboxylic acids is 3. The Kier molecular flexibility index (Phi) is 9.14. The van der Waals surface area contributed by atoms with Gasteiger partial charge in [-0.25, -0.2) is 4.79 Å². The lowest BCUT2D eigenvalue weighted by atomic mass is 9.85. The van der Waals surface area contributed by atoms with E-state index < -0.39 is 6.03 Å². The summed E-state index contributed by atoms with van der Waals surface area (Å²) in [6.45, 7) is 6.08. The van der Waals surface area contributed by atoms with Gasteiger partial charge in [0.2, 0.25) is 5.78 Å². The van der Waals surface area contributed by atoms with E-state index in [0.29, 0.717) is 47.3 Å². The second kappa shape index (κ2) is 13.8. The number of amides is 3. The van der Waals surface area contributed by atoms with Crippen LogP contribution in [0.25, 0.3) is 17.0 Å². The number of fused-ring (bicyclic) bond motifs is 2. The summed E-state index contributed by atoms with van der Waals surface area (Å²) in [5.74, 6) is 1.65. The van der Waals surface area contributed by atoms with Gasteiger partial charge in [0.1, 0.15) is 11.5 Å². The maximum absolute atomic E-state index is 13.8. The lowest BCUT2D eigenvalue weighted by molar-refractivity contribution is 0.0664. The maximum atomic E-state index is 13.8. The number of nitrogens with one attached hydrogen (secondary N) is 2. The van der Waals surface area contributed by atoms with Crippen LogP contribution in [0.5, 0.6) is 11.5 Å². The Morgan fingerprint density at radius 3 is 2.35 bits per heavy atom. The zero-order chi connectivity index (χ0) is 34.1. The topological polar surface area (TPSA) is 105 Å². The van der Waals surface area contributed by atoms with Crippen LogP contribution in [-0.2, 0) is 6.54 Å². The smallest absolute Gasteiger partial charge is 0.323 e. The number of likely N-dealkylation sites (N-methyl/N-ethyl adjacent to an activating group) is 1. The van der Waals surface area contributed by atoms with Crippen molar-refractivity contribution in [2.75, 3.05) is 51.0 Å². The molecule has 4 aromatic rings. The molecule has 10 heteroatoms. The highest BCUT2D eigenvalue weighted by Crippen LogP contribution is 2.42. The van der Waals surface area contributed by atoms with Crippen LogP contribution in [0.15, 0.2) is 66.4 Å². The number of ketones is 1. The van der Waals surface area contributed by atoms with Crippen molar-refractivity contribution in [2.24, 2.45) is 0 Å². The predicted molar refractivity (Wildman–Crippen MR) is 192 cm³/mol. The first kappa shape index (κ1) is 32.5. The molecular weight excluding hydrogens is 618 g/mol. The molecule has 254 valence electrons. The Morgan fingerprint density at radius 1 is 0.918 bits per heavy atom. The maximum Gasteiger partial charge on any atom is 0.323 e. The fourth-order valence-corrected chi connectivity index (χ4v) is 7.39. The van der Waals surface area contributed by atoms with Crippen LogP contribution in [0.1, 0.15) is 76.9 Å². The first-order valence-corrected chi connectivity index (χ1v) is 17.3. The molecule has 1 saturated carbocycles. The molecule has 2 fully saturated rings. The molecule has 3 heterocycles. The summed E-state index contributed by atoms with van der Waals surface area (Å²) in [7, 11) is 3.72. The first-order chi connectivity index (χ1) is 23.8. The van der Waals surface area contributed by atoms with Crippen molar-refractivity contribution in [3.8, 4) is 11.5 Å². The molecule has 3 aromatic carbocycles. The van der Waals surface area contributed by atoms with Gasteiger partial charge >= 0.3 is 6.03 Å². The van der Waals surface area contributed by atoms with Crippen molar-refractivity contribution in [1.82, 2.24) is 14.4 Å². The largest absolute Gasteiger partial charge is 0.497 e. The lowest BCUT2D eigenvalue weighted by Gasteiger charge is -2.32. The number of hydrogen-bond acceptors (Lipinski definition) is 6. The van der Waals surface area contributed by atoms with Crippen molar-refractivity contribution in [3.05, 3.63) is 88.8 Å². The van der Waals surface area contributed by atoms with Crippen molar-refractivity contribution in [2.45, 2.75) is 51.5 Å². The molecule has 49 heavy (non-hydrogen) atoms. The average molecular weight is 662 g/mol. The van der Waals surface area contributed by atoms with Crippen LogP contribution < -0.4 is 20.1 Å². The van der Waals surface area contributed by atoms with E-state index in [1.54, 1.807) is 49.6 Å². The van der Waals surface area contributed by atoms with Crippen LogP contribution in [0.4, 0.5) is 16.2 Å². The van der Waals surface area contributed by atoms with E-state index in [4.69, 9.17) is 9.47 Å². The number of anilines is 2. The van der Waals surface area contributed by atoms with Gasteiger partial charge in [-0.2, -0.15) is 0 Å². The fraction of sp³-hybridized carbons (Fsp3) is 0.359. The van der Waals surface area contributed by atoms with Crippen LogP contribution in [-0.4, -0.2) is 72.4 Å². The molecule has 2 N–H and O–H groups in total. The molecule has 1 aromatic heterocycles. The summed E-state index contributed by atoms with van der Waals surface area (Å²) in [5.41, 5.74) is 5.37.